The highest BCUT2D eigenvalue weighted by atomic mass is 32.2. The van der Waals surface area contributed by atoms with E-state index in [0.29, 0.717) is 0 Å². The highest BCUT2D eigenvalue weighted by Gasteiger charge is 2.03. The van der Waals surface area contributed by atoms with E-state index in [4.69, 9.17) is 10.4 Å². The van der Waals surface area contributed by atoms with Crippen LogP contribution in [0.2, 0.25) is 0 Å². The van der Waals surface area contributed by atoms with Gasteiger partial charge in [-0.3, -0.25) is 0 Å². The fourth-order valence-corrected chi connectivity index (χ4v) is 1.43. The Bertz CT molecular complexity index is 122. The molecular weight excluding hydrogens is 158 g/mol. The molecule has 0 aromatic heterocycles. The number of hydrogen-bond donors (Lipinski definition) is 1. The van der Waals surface area contributed by atoms with Gasteiger partial charge in [-0.1, -0.05) is 6.92 Å². The van der Waals surface area contributed by atoms with Crippen molar-refractivity contribution in [3.63, 3.8) is 0 Å². The molecule has 0 aliphatic carbocycles. The van der Waals surface area contributed by atoms with Crippen LogP contribution in [0.1, 0.15) is 19.8 Å². The highest BCUT2D eigenvalue weighted by Crippen LogP contribution is 2.09. The van der Waals surface area contributed by atoms with E-state index in [1.165, 1.54) is 0 Å². The number of aliphatic hydroxyl groups is 1. The first kappa shape index (κ1) is 10.8. The van der Waals surface area contributed by atoms with E-state index in [1.807, 2.05) is 11.8 Å². The van der Waals surface area contributed by atoms with Crippen LogP contribution in [0.15, 0.2) is 0 Å². The average Bonchev–Trinajstić information content (AvgIpc) is 2.05. The standard InChI is InChI=1S/C8H15NOS/c1-2-11-5-3-4-8(6-9)7-10/h8,10H,2-5,7H2,1H3. The number of rotatable bonds is 6. The van der Waals surface area contributed by atoms with Crippen LogP contribution >= 0.6 is 11.8 Å². The van der Waals surface area contributed by atoms with Gasteiger partial charge in [0.15, 0.2) is 0 Å². The van der Waals surface area contributed by atoms with E-state index in [9.17, 15) is 0 Å². The van der Waals surface area contributed by atoms with Crippen LogP contribution < -0.4 is 0 Å². The summed E-state index contributed by atoms with van der Waals surface area (Å²) in [6.45, 7) is 2.13. The monoisotopic (exact) mass is 173 g/mol. The van der Waals surface area contributed by atoms with Gasteiger partial charge in [0.1, 0.15) is 0 Å². The van der Waals surface area contributed by atoms with Gasteiger partial charge < -0.3 is 5.11 Å². The Kier molecular flexibility index (Phi) is 7.76. The maximum absolute atomic E-state index is 8.65. The predicted molar refractivity (Wildman–Crippen MR) is 48.4 cm³/mol. The van der Waals surface area contributed by atoms with Crippen LogP contribution in [0, 0.1) is 17.2 Å². The Morgan fingerprint density at radius 1 is 1.64 bits per heavy atom. The van der Waals surface area contributed by atoms with E-state index in [-0.39, 0.29) is 12.5 Å². The molecule has 0 saturated carbocycles. The molecule has 0 aliphatic rings. The molecular formula is C8H15NOS. The summed E-state index contributed by atoms with van der Waals surface area (Å²) >= 11 is 1.88. The van der Waals surface area contributed by atoms with Gasteiger partial charge in [-0.05, 0) is 24.3 Å². The molecule has 0 aromatic carbocycles. The molecule has 0 aromatic rings. The lowest BCUT2D eigenvalue weighted by molar-refractivity contribution is 0.249. The maximum Gasteiger partial charge on any atom is 0.0694 e. The molecule has 0 aliphatic heterocycles. The second-order valence-corrected chi connectivity index (χ2v) is 3.74. The Morgan fingerprint density at radius 2 is 2.36 bits per heavy atom. The zero-order valence-corrected chi connectivity index (χ0v) is 7.73. The number of nitrogens with zero attached hydrogens (tertiary/aromatic N) is 1. The van der Waals surface area contributed by atoms with Crippen molar-refractivity contribution in [1.29, 1.82) is 5.26 Å². The minimum Gasteiger partial charge on any atom is -0.395 e. The summed E-state index contributed by atoms with van der Waals surface area (Å²) < 4.78 is 0. The fraction of sp³-hybridized carbons (Fsp3) is 0.875. The van der Waals surface area contributed by atoms with Gasteiger partial charge in [0.2, 0.25) is 0 Å². The van der Waals surface area contributed by atoms with Crippen LogP contribution in [0.3, 0.4) is 0 Å². The maximum atomic E-state index is 8.65. The van der Waals surface area contributed by atoms with Gasteiger partial charge in [0.05, 0.1) is 18.6 Å². The topological polar surface area (TPSA) is 44.0 Å². The molecule has 0 rings (SSSR count). The Labute approximate surface area is 72.6 Å². The van der Waals surface area contributed by atoms with Crippen molar-refractivity contribution in [3.05, 3.63) is 0 Å². The molecule has 0 fully saturated rings. The van der Waals surface area contributed by atoms with E-state index in [2.05, 4.69) is 13.0 Å². The van der Waals surface area contributed by atoms with Crippen molar-refractivity contribution >= 4 is 11.8 Å². The van der Waals surface area contributed by atoms with Crippen LogP contribution in [-0.2, 0) is 0 Å². The van der Waals surface area contributed by atoms with E-state index in [0.717, 1.165) is 24.3 Å². The van der Waals surface area contributed by atoms with Gasteiger partial charge >= 0.3 is 0 Å². The molecule has 3 heteroatoms. The van der Waals surface area contributed by atoms with Crippen molar-refractivity contribution in [1.82, 2.24) is 0 Å². The van der Waals surface area contributed by atoms with Crippen LogP contribution in [0.5, 0.6) is 0 Å². The Morgan fingerprint density at radius 3 is 2.82 bits per heavy atom. The first-order valence-corrected chi connectivity index (χ1v) is 5.08. The molecule has 11 heavy (non-hydrogen) atoms. The molecule has 2 nitrogen and oxygen atoms in total. The number of nitriles is 1. The second-order valence-electron chi connectivity index (χ2n) is 2.35. The third-order valence-electron chi connectivity index (χ3n) is 1.45. The highest BCUT2D eigenvalue weighted by molar-refractivity contribution is 7.99. The van der Waals surface area contributed by atoms with Crippen LogP contribution in [0.25, 0.3) is 0 Å². The smallest absolute Gasteiger partial charge is 0.0694 e. The summed E-state index contributed by atoms with van der Waals surface area (Å²) in [5.41, 5.74) is 0. The van der Waals surface area contributed by atoms with Gasteiger partial charge in [0.25, 0.3) is 0 Å². The molecule has 0 spiro atoms. The zero-order chi connectivity index (χ0) is 8.53. The molecule has 0 saturated heterocycles. The normalized spacial score (nSPS) is 12.5. The van der Waals surface area contributed by atoms with Crippen molar-refractivity contribution in [2.75, 3.05) is 18.1 Å². The molecule has 0 amide bonds. The Hall–Kier alpha value is -0.200. The number of hydrogen-bond acceptors (Lipinski definition) is 3. The zero-order valence-electron chi connectivity index (χ0n) is 6.92. The second kappa shape index (κ2) is 7.90. The summed E-state index contributed by atoms with van der Waals surface area (Å²) in [4.78, 5) is 0. The van der Waals surface area contributed by atoms with Gasteiger partial charge in [0, 0.05) is 0 Å². The van der Waals surface area contributed by atoms with Crippen molar-refractivity contribution in [3.8, 4) is 6.07 Å². The Balaban J connectivity index is 3.16. The quantitative estimate of drug-likeness (QED) is 0.621. The van der Waals surface area contributed by atoms with Crippen molar-refractivity contribution in [2.24, 2.45) is 5.92 Å². The van der Waals surface area contributed by atoms with E-state index in [1.54, 1.807) is 0 Å². The first-order valence-electron chi connectivity index (χ1n) is 3.93. The number of aliphatic hydroxyl groups excluding tert-OH is 1. The fourth-order valence-electron chi connectivity index (χ4n) is 0.773. The summed E-state index contributed by atoms with van der Waals surface area (Å²) in [5.74, 6) is 2.10. The van der Waals surface area contributed by atoms with Crippen molar-refractivity contribution < 1.29 is 5.11 Å². The largest absolute Gasteiger partial charge is 0.395 e. The van der Waals surface area contributed by atoms with Crippen LogP contribution in [-0.4, -0.2) is 23.2 Å². The van der Waals surface area contributed by atoms with Gasteiger partial charge in [-0.15, -0.1) is 0 Å². The van der Waals surface area contributed by atoms with E-state index < -0.39 is 0 Å². The molecule has 0 heterocycles. The molecule has 0 bridgehead atoms. The lowest BCUT2D eigenvalue weighted by Crippen LogP contribution is -2.02. The molecule has 1 N–H and O–H groups in total. The first-order chi connectivity index (χ1) is 5.35. The van der Waals surface area contributed by atoms with Gasteiger partial charge in [-0.25, -0.2) is 0 Å². The van der Waals surface area contributed by atoms with Crippen LogP contribution in [0.4, 0.5) is 0 Å². The summed E-state index contributed by atoms with van der Waals surface area (Å²) in [5, 5.41) is 17.1. The third-order valence-corrected chi connectivity index (χ3v) is 2.43. The minimum absolute atomic E-state index is 0.00723. The number of thioether (sulfide) groups is 1. The summed E-state index contributed by atoms with van der Waals surface area (Å²) in [7, 11) is 0. The molecule has 64 valence electrons. The molecule has 1 atom stereocenters. The summed E-state index contributed by atoms with van der Waals surface area (Å²) in [6.07, 6.45) is 1.87. The predicted octanol–water partition coefficient (Wildman–Crippen LogP) is 1.65. The van der Waals surface area contributed by atoms with Gasteiger partial charge in [-0.2, -0.15) is 17.0 Å². The SMILES string of the molecule is CCSCCCC(C#N)CO. The average molecular weight is 173 g/mol. The molecule has 0 radical (unpaired) electrons. The van der Waals surface area contributed by atoms with E-state index >= 15 is 0 Å². The lowest BCUT2D eigenvalue weighted by atomic mass is 10.1. The third kappa shape index (κ3) is 6.21. The minimum atomic E-state index is -0.146. The molecule has 1 unspecified atom stereocenters. The lowest BCUT2D eigenvalue weighted by Gasteiger charge is -2.03. The van der Waals surface area contributed by atoms with Crippen molar-refractivity contribution in [2.45, 2.75) is 19.8 Å². The summed E-state index contributed by atoms with van der Waals surface area (Å²) in [6, 6.07) is 2.07.